The van der Waals surface area contributed by atoms with E-state index in [1.54, 1.807) is 16.2 Å². The lowest BCUT2D eigenvalue weighted by atomic mass is 10.1. The van der Waals surface area contributed by atoms with Crippen LogP contribution in [-0.4, -0.2) is 45.2 Å². The van der Waals surface area contributed by atoms with Crippen molar-refractivity contribution in [1.29, 1.82) is 5.26 Å². The molecule has 3 rings (SSSR count). The van der Waals surface area contributed by atoms with Gasteiger partial charge >= 0.3 is 0 Å². The van der Waals surface area contributed by atoms with Crippen molar-refractivity contribution in [2.45, 2.75) is 39.0 Å². The van der Waals surface area contributed by atoms with Crippen LogP contribution in [0.1, 0.15) is 42.2 Å². The minimum absolute atomic E-state index is 0.0536. The number of carbonyl (C=O) groups is 1. The zero-order valence-electron chi connectivity index (χ0n) is 14.5. The van der Waals surface area contributed by atoms with E-state index < -0.39 is 0 Å². The van der Waals surface area contributed by atoms with Crippen molar-refractivity contribution < 1.29 is 14.6 Å². The summed E-state index contributed by atoms with van der Waals surface area (Å²) in [4.78, 5) is 16.7. The number of nitrogens with zero attached hydrogens (tertiary/aromatic N) is 1. The summed E-state index contributed by atoms with van der Waals surface area (Å²) in [6.07, 6.45) is 5.62. The quantitative estimate of drug-likeness (QED) is 0.650. The average Bonchev–Trinajstić information content (AvgIpc) is 2.75. The topological polar surface area (TPSA) is 61.8 Å². The van der Waals surface area contributed by atoms with Crippen molar-refractivity contribution in [2.24, 2.45) is 0 Å². The van der Waals surface area contributed by atoms with Crippen molar-refractivity contribution in [3.8, 4) is 6.07 Å². The van der Waals surface area contributed by atoms with Gasteiger partial charge in [0.25, 0.3) is 5.91 Å². The molecule has 1 aromatic rings. The number of hydrogen-bond acceptors (Lipinski definition) is 3. The Morgan fingerprint density at radius 1 is 1.17 bits per heavy atom. The molecule has 2 aliphatic rings. The molecule has 0 atom stereocenters. The number of nitrogens with one attached hydrogen (secondary N) is 3. The minimum Gasteiger partial charge on any atom is -0.326 e. The predicted octanol–water partition coefficient (Wildman–Crippen LogP) is -0.370. The van der Waals surface area contributed by atoms with E-state index in [1.807, 2.05) is 0 Å². The summed E-state index contributed by atoms with van der Waals surface area (Å²) in [6.45, 7) is 8.32. The smallest absolute Gasteiger partial charge is 0.280 e. The first-order valence-electron chi connectivity index (χ1n) is 9.23. The molecule has 1 aromatic heterocycles. The highest BCUT2D eigenvalue weighted by Crippen LogP contribution is 2.36. The predicted molar refractivity (Wildman–Crippen MR) is 95.7 cm³/mol. The van der Waals surface area contributed by atoms with Crippen LogP contribution in [0.15, 0.2) is 0 Å². The Hall–Kier alpha value is -1.42. The van der Waals surface area contributed by atoms with E-state index in [4.69, 9.17) is 0 Å². The molecule has 1 saturated heterocycles. The van der Waals surface area contributed by atoms with Crippen LogP contribution >= 0.6 is 11.3 Å². The number of amides is 1. The first-order chi connectivity index (χ1) is 11.7. The van der Waals surface area contributed by atoms with E-state index in [0.29, 0.717) is 6.54 Å². The monoisotopic (exact) mass is 348 g/mol. The molecule has 6 heteroatoms. The summed E-state index contributed by atoms with van der Waals surface area (Å²) in [5.41, 5.74) is 1.92. The minimum atomic E-state index is 0.0536. The van der Waals surface area contributed by atoms with Crippen LogP contribution in [-0.2, 0) is 17.6 Å². The number of carbonyl (C=O) groups excluding carboxylic acids is 1. The lowest BCUT2D eigenvalue weighted by Crippen LogP contribution is -3.28. The summed E-state index contributed by atoms with van der Waals surface area (Å²) in [5, 5.41) is 13.4. The molecule has 1 aliphatic heterocycles. The number of piperazine rings is 1. The molecule has 0 bridgehead atoms. The second kappa shape index (κ2) is 8.11. The van der Waals surface area contributed by atoms with E-state index in [-0.39, 0.29) is 5.91 Å². The molecule has 3 N–H and O–H groups in total. The maximum atomic E-state index is 12.4. The number of quaternary nitrogens is 2. The Morgan fingerprint density at radius 3 is 2.58 bits per heavy atom. The number of anilines is 1. The highest BCUT2D eigenvalue weighted by Gasteiger charge is 2.25. The van der Waals surface area contributed by atoms with Crippen LogP contribution in [0.4, 0.5) is 5.00 Å². The number of thiophene rings is 1. The largest absolute Gasteiger partial charge is 0.326 e. The third kappa shape index (κ3) is 3.97. The fourth-order valence-electron chi connectivity index (χ4n) is 3.83. The Balaban J connectivity index is 1.62. The third-order valence-corrected chi connectivity index (χ3v) is 6.57. The van der Waals surface area contributed by atoms with Gasteiger partial charge in [-0.1, -0.05) is 6.42 Å². The lowest BCUT2D eigenvalue weighted by Gasteiger charge is -2.28. The summed E-state index contributed by atoms with van der Waals surface area (Å²) >= 11 is 1.63. The van der Waals surface area contributed by atoms with Gasteiger partial charge < -0.3 is 15.1 Å². The van der Waals surface area contributed by atoms with Gasteiger partial charge in [-0.25, -0.2) is 0 Å². The number of likely N-dealkylation sites (N-methyl/N-ethyl adjacent to an activating group) is 1. The maximum Gasteiger partial charge on any atom is 0.280 e. The molecular weight excluding hydrogens is 320 g/mol. The summed E-state index contributed by atoms with van der Waals surface area (Å²) < 4.78 is 0. The van der Waals surface area contributed by atoms with Crippen molar-refractivity contribution in [3.05, 3.63) is 16.0 Å². The van der Waals surface area contributed by atoms with Gasteiger partial charge in [-0.15, -0.1) is 11.3 Å². The second-order valence-corrected chi connectivity index (χ2v) is 8.06. The van der Waals surface area contributed by atoms with E-state index in [9.17, 15) is 10.1 Å². The van der Waals surface area contributed by atoms with E-state index in [2.05, 4.69) is 18.3 Å². The van der Waals surface area contributed by atoms with Crippen LogP contribution in [0, 0.1) is 11.3 Å². The Morgan fingerprint density at radius 2 is 1.88 bits per heavy atom. The summed E-state index contributed by atoms with van der Waals surface area (Å²) in [7, 11) is 0. The average molecular weight is 349 g/mol. The Kier molecular flexibility index (Phi) is 5.88. The van der Waals surface area contributed by atoms with Gasteiger partial charge in [-0.2, -0.15) is 5.26 Å². The van der Waals surface area contributed by atoms with Crippen LogP contribution < -0.4 is 15.1 Å². The molecule has 130 valence electrons. The van der Waals surface area contributed by atoms with Crippen LogP contribution in [0.2, 0.25) is 0 Å². The molecule has 0 saturated carbocycles. The molecule has 2 heterocycles. The summed E-state index contributed by atoms with van der Waals surface area (Å²) in [6, 6.07) is 2.34. The van der Waals surface area contributed by atoms with E-state index in [1.165, 1.54) is 34.7 Å². The van der Waals surface area contributed by atoms with Crippen molar-refractivity contribution in [2.75, 3.05) is 44.6 Å². The fourth-order valence-corrected chi connectivity index (χ4v) is 5.09. The fraction of sp³-hybridized carbons (Fsp3) is 0.667. The Labute approximate surface area is 148 Å². The van der Waals surface area contributed by atoms with Crippen LogP contribution in [0.3, 0.4) is 0 Å². The van der Waals surface area contributed by atoms with Gasteiger partial charge in [-0.05, 0) is 38.2 Å². The van der Waals surface area contributed by atoms with Gasteiger partial charge in [0.05, 0.1) is 12.1 Å². The van der Waals surface area contributed by atoms with Crippen LogP contribution in [0.5, 0.6) is 0 Å². The third-order valence-electron chi connectivity index (χ3n) is 5.36. The number of fused-ring (bicyclic) bond motifs is 1. The second-order valence-electron chi connectivity index (χ2n) is 6.96. The standard InChI is InChI=1S/C18H26N4OS/c1-2-21-8-10-22(11-9-21)13-17(23)20-18-15(12-19)14-6-4-3-5-7-16(14)24-18/h2-11,13H2,1H3,(H,20,23)/p+2. The van der Waals surface area contributed by atoms with Gasteiger partial charge in [0.1, 0.15) is 37.2 Å². The lowest BCUT2D eigenvalue weighted by molar-refractivity contribution is -1.01. The zero-order chi connectivity index (χ0) is 16.9. The van der Waals surface area contributed by atoms with Gasteiger partial charge in [0, 0.05) is 4.88 Å². The zero-order valence-corrected chi connectivity index (χ0v) is 15.4. The molecule has 5 nitrogen and oxygen atoms in total. The maximum absolute atomic E-state index is 12.4. The van der Waals surface area contributed by atoms with E-state index in [0.717, 1.165) is 56.0 Å². The number of nitriles is 1. The highest BCUT2D eigenvalue weighted by atomic mass is 32.1. The first-order valence-corrected chi connectivity index (χ1v) is 10.0. The molecule has 24 heavy (non-hydrogen) atoms. The molecule has 1 fully saturated rings. The first kappa shape index (κ1) is 17.4. The molecule has 0 aromatic carbocycles. The number of rotatable bonds is 4. The van der Waals surface area contributed by atoms with Gasteiger partial charge in [-0.3, -0.25) is 4.79 Å². The normalized spacial score (nSPS) is 23.8. The Bertz CT molecular complexity index is 626. The van der Waals surface area contributed by atoms with Gasteiger partial charge in [0.15, 0.2) is 6.54 Å². The highest BCUT2D eigenvalue weighted by molar-refractivity contribution is 7.16. The number of hydrogen-bond donors (Lipinski definition) is 3. The number of aryl methyl sites for hydroxylation is 1. The molecule has 0 radical (unpaired) electrons. The summed E-state index contributed by atoms with van der Waals surface area (Å²) in [5.74, 6) is 0.0536. The van der Waals surface area contributed by atoms with Gasteiger partial charge in [0.2, 0.25) is 0 Å². The van der Waals surface area contributed by atoms with E-state index >= 15 is 0 Å². The van der Waals surface area contributed by atoms with Crippen molar-refractivity contribution >= 4 is 22.2 Å². The molecule has 0 spiro atoms. The molecule has 0 unspecified atom stereocenters. The van der Waals surface area contributed by atoms with Crippen molar-refractivity contribution in [1.82, 2.24) is 0 Å². The SMILES string of the molecule is CC[NH+]1CC[NH+](CC(=O)Nc2sc3c(c2C#N)CCCCC3)CC1. The van der Waals surface area contributed by atoms with Crippen molar-refractivity contribution in [3.63, 3.8) is 0 Å². The molecular formula is C18H28N4OS+2. The van der Waals surface area contributed by atoms with Crippen LogP contribution in [0.25, 0.3) is 0 Å². The molecule has 1 aliphatic carbocycles. The molecule has 1 amide bonds.